The Bertz CT molecular complexity index is 1710. The summed E-state index contributed by atoms with van der Waals surface area (Å²) in [4.78, 5) is 18.2. The number of hydrogen-bond acceptors (Lipinski definition) is 8. The van der Waals surface area contributed by atoms with Crippen LogP contribution in [-0.4, -0.2) is 49.7 Å². The van der Waals surface area contributed by atoms with Crippen molar-refractivity contribution in [2.45, 2.75) is 56.8 Å². The Kier molecular flexibility index (Phi) is 6.57. The molecule has 0 radical (unpaired) electrons. The van der Waals surface area contributed by atoms with E-state index in [2.05, 4.69) is 20.0 Å². The largest absolute Gasteiger partial charge is 0.573 e. The van der Waals surface area contributed by atoms with Crippen LogP contribution in [0.1, 0.15) is 54.2 Å². The van der Waals surface area contributed by atoms with Crippen LogP contribution in [0.15, 0.2) is 29.8 Å². The fourth-order valence-corrected chi connectivity index (χ4v) is 7.49. The molecule has 0 amide bonds. The van der Waals surface area contributed by atoms with E-state index in [-0.39, 0.29) is 40.0 Å². The lowest BCUT2D eigenvalue weighted by Crippen LogP contribution is -2.48. The summed E-state index contributed by atoms with van der Waals surface area (Å²) in [5.74, 6) is -1.93. The van der Waals surface area contributed by atoms with Gasteiger partial charge in [0.15, 0.2) is 5.75 Å². The second-order valence-corrected chi connectivity index (χ2v) is 12.5. The van der Waals surface area contributed by atoms with Crippen molar-refractivity contribution < 1.29 is 32.5 Å². The minimum atomic E-state index is -5.07. The van der Waals surface area contributed by atoms with E-state index in [1.54, 1.807) is 27.8 Å². The molecule has 9 nitrogen and oxygen atoms in total. The molecule has 1 N–H and O–H groups in total. The summed E-state index contributed by atoms with van der Waals surface area (Å²) in [6.07, 6.45) is -1.49. The third kappa shape index (κ3) is 4.66. The third-order valence-corrected chi connectivity index (χ3v) is 9.52. The second kappa shape index (κ2) is 9.97. The minimum Gasteiger partial charge on any atom is -0.478 e. The van der Waals surface area contributed by atoms with Gasteiger partial charge < -0.3 is 19.5 Å². The van der Waals surface area contributed by atoms with E-state index in [0.717, 1.165) is 30.6 Å². The first-order valence-corrected chi connectivity index (χ1v) is 14.9. The molecular formula is C27H22Cl2F3N5O4S. The average molecular weight is 640 g/mol. The number of carboxylic acid groups (broad SMARTS) is 1. The molecule has 15 heteroatoms. The molecule has 1 saturated heterocycles. The van der Waals surface area contributed by atoms with E-state index in [1.807, 2.05) is 0 Å². The van der Waals surface area contributed by atoms with Gasteiger partial charge in [-0.2, -0.15) is 0 Å². The van der Waals surface area contributed by atoms with Gasteiger partial charge in [-0.05, 0) is 56.2 Å². The lowest BCUT2D eigenvalue weighted by molar-refractivity contribution is -0.274. The molecule has 3 fully saturated rings. The van der Waals surface area contributed by atoms with E-state index < -0.39 is 23.8 Å². The average Bonchev–Trinajstić information content (AvgIpc) is 3.26. The molecule has 3 aliphatic rings. The zero-order chi connectivity index (χ0) is 29.4. The zero-order valence-corrected chi connectivity index (χ0v) is 24.0. The van der Waals surface area contributed by atoms with Crippen molar-refractivity contribution in [3.63, 3.8) is 0 Å². The molecule has 2 saturated carbocycles. The van der Waals surface area contributed by atoms with Gasteiger partial charge in [0.05, 0.1) is 49.8 Å². The van der Waals surface area contributed by atoms with Gasteiger partial charge in [0, 0.05) is 12.1 Å². The maximum absolute atomic E-state index is 13.7. The van der Waals surface area contributed by atoms with Crippen LogP contribution >= 0.6 is 34.5 Å². The van der Waals surface area contributed by atoms with Crippen LogP contribution in [0.4, 0.5) is 18.9 Å². The Labute approximate surface area is 250 Å². The number of aromatic carboxylic acids is 1. The molecule has 0 spiro atoms. The lowest BCUT2D eigenvalue weighted by Gasteiger charge is -2.41. The van der Waals surface area contributed by atoms with E-state index in [4.69, 9.17) is 27.9 Å². The topological polar surface area (TPSA) is 103 Å². The Hall–Kier alpha value is -3.13. The molecule has 2 aromatic heterocycles. The number of piperidine rings is 1. The normalized spacial score (nSPS) is 21.9. The maximum atomic E-state index is 13.7. The van der Waals surface area contributed by atoms with Gasteiger partial charge in [-0.3, -0.25) is 0 Å². The summed E-state index contributed by atoms with van der Waals surface area (Å²) < 4.78 is 54.3. The molecule has 7 rings (SSSR count). The molecule has 2 aliphatic carbocycles. The molecular weight excluding hydrogens is 618 g/mol. The van der Waals surface area contributed by atoms with Crippen molar-refractivity contribution in [2.75, 3.05) is 11.4 Å². The Morgan fingerprint density at radius 1 is 1.21 bits per heavy atom. The molecule has 0 unspecified atom stereocenters. The second-order valence-electron chi connectivity index (χ2n) is 10.8. The van der Waals surface area contributed by atoms with Gasteiger partial charge >= 0.3 is 12.3 Å². The van der Waals surface area contributed by atoms with Crippen LogP contribution in [0.5, 0.6) is 5.75 Å². The number of anilines is 1. The number of nitrogens with zero attached hydrogens (tertiary/aromatic N) is 5. The number of rotatable bonds is 8. The van der Waals surface area contributed by atoms with Crippen LogP contribution < -0.4 is 9.64 Å². The van der Waals surface area contributed by atoms with E-state index in [0.29, 0.717) is 46.4 Å². The molecule has 2 bridgehead atoms. The van der Waals surface area contributed by atoms with Crippen molar-refractivity contribution >= 4 is 56.4 Å². The number of hydrogen-bond donors (Lipinski definition) is 1. The van der Waals surface area contributed by atoms with Gasteiger partial charge in [0.2, 0.25) is 0 Å². The Morgan fingerprint density at radius 3 is 2.64 bits per heavy atom. The highest BCUT2D eigenvalue weighted by Crippen LogP contribution is 2.54. The molecule has 2 atom stereocenters. The highest BCUT2D eigenvalue weighted by molar-refractivity contribution is 7.16. The molecule has 4 aromatic rings. The van der Waals surface area contributed by atoms with Gasteiger partial charge in [0.25, 0.3) is 0 Å². The summed E-state index contributed by atoms with van der Waals surface area (Å²) >= 11 is 14.1. The highest BCUT2D eigenvalue weighted by Gasteiger charge is 2.54. The summed E-state index contributed by atoms with van der Waals surface area (Å²) in [5.41, 5.74) is 1.32. The number of halogens is 5. The van der Waals surface area contributed by atoms with Crippen LogP contribution in [0, 0.1) is 5.92 Å². The van der Waals surface area contributed by atoms with Gasteiger partial charge in [-0.15, -0.1) is 29.6 Å². The number of thiazole rings is 1. The standard InChI is InChI=1S/C27H22Cl2F3N5O4S/c28-16-2-1-3-17(29)20(16)21-18(37(35-34-21)14-4-5-14)11-40-26-7-6-13(9-26)10-36(26)23-15(25(38)39)8-19-22(33-12-42-19)24(23)41-27(30,31)32/h1-3,8,12-14H,4-7,9-11H2,(H,38,39)/t13-,26-/m0/s1. The summed E-state index contributed by atoms with van der Waals surface area (Å²) in [7, 11) is 0. The first-order valence-electron chi connectivity index (χ1n) is 13.2. The van der Waals surface area contributed by atoms with Gasteiger partial charge in [0.1, 0.15) is 16.9 Å². The minimum absolute atomic E-state index is 0.000414. The van der Waals surface area contributed by atoms with Crippen LogP contribution in [-0.2, 0) is 11.3 Å². The van der Waals surface area contributed by atoms with E-state index in [9.17, 15) is 23.1 Å². The van der Waals surface area contributed by atoms with Crippen molar-refractivity contribution in [3.05, 3.63) is 51.1 Å². The monoisotopic (exact) mass is 639 g/mol. The zero-order valence-electron chi connectivity index (χ0n) is 21.7. The summed E-state index contributed by atoms with van der Waals surface area (Å²) in [6, 6.07) is 6.61. The Balaban J connectivity index is 1.32. The Morgan fingerprint density at radius 2 is 1.98 bits per heavy atom. The van der Waals surface area contributed by atoms with E-state index in [1.165, 1.54) is 11.6 Å². The molecule has 3 heterocycles. The van der Waals surface area contributed by atoms with Crippen molar-refractivity contribution in [2.24, 2.45) is 5.92 Å². The number of alkyl halides is 3. The predicted molar refractivity (Wildman–Crippen MR) is 149 cm³/mol. The number of benzene rings is 2. The molecule has 2 aromatic carbocycles. The lowest BCUT2D eigenvalue weighted by atomic mass is 10.0. The smallest absolute Gasteiger partial charge is 0.478 e. The fraction of sp³-hybridized carbons (Fsp3) is 0.407. The maximum Gasteiger partial charge on any atom is 0.573 e. The van der Waals surface area contributed by atoms with Crippen molar-refractivity contribution in [3.8, 4) is 17.0 Å². The number of ether oxygens (including phenoxy) is 2. The number of carbonyl (C=O) groups is 1. The quantitative estimate of drug-likeness (QED) is 0.214. The van der Waals surface area contributed by atoms with Gasteiger partial charge in [-0.25, -0.2) is 14.5 Å². The van der Waals surface area contributed by atoms with Crippen LogP contribution in [0.3, 0.4) is 0 Å². The van der Waals surface area contributed by atoms with Gasteiger partial charge in [-0.1, -0.05) is 34.5 Å². The molecule has 1 aliphatic heterocycles. The first kappa shape index (κ1) is 27.7. The summed E-state index contributed by atoms with van der Waals surface area (Å²) in [5, 5.41) is 19.7. The third-order valence-electron chi connectivity index (χ3n) is 8.12. The highest BCUT2D eigenvalue weighted by atomic mass is 35.5. The van der Waals surface area contributed by atoms with Crippen molar-refractivity contribution in [1.29, 1.82) is 0 Å². The molecule has 220 valence electrons. The van der Waals surface area contributed by atoms with E-state index >= 15 is 0 Å². The predicted octanol–water partition coefficient (Wildman–Crippen LogP) is 7.33. The number of carboxylic acids is 1. The molecule has 42 heavy (non-hydrogen) atoms. The fourth-order valence-electron chi connectivity index (χ4n) is 6.20. The van der Waals surface area contributed by atoms with Crippen LogP contribution in [0.2, 0.25) is 10.0 Å². The SMILES string of the molecule is O=C(O)c1cc2scnc2c(OC(F)(F)F)c1N1C[C@H]2CC[C@]1(OCc1c(-c3c(Cl)cccc3Cl)nnn1C1CC1)C2. The van der Waals surface area contributed by atoms with Crippen molar-refractivity contribution in [1.82, 2.24) is 20.0 Å². The number of fused-ring (bicyclic) bond motifs is 3. The summed E-state index contributed by atoms with van der Waals surface area (Å²) in [6.45, 7) is 0.299. The van der Waals surface area contributed by atoms with Crippen LogP contribution in [0.25, 0.3) is 21.5 Å². The number of aromatic nitrogens is 4. The first-order chi connectivity index (χ1) is 20.0.